The minimum atomic E-state index is -0.969. The molecule has 7 nitrogen and oxygen atoms in total. The normalized spacial score (nSPS) is 11.1. The molecule has 0 bridgehead atoms. The second-order valence-electron chi connectivity index (χ2n) is 2.16. The quantitative estimate of drug-likeness (QED) is 0.343. The van der Waals surface area contributed by atoms with Crippen molar-refractivity contribution < 1.29 is 19.5 Å². The van der Waals surface area contributed by atoms with E-state index in [1.165, 1.54) is 6.92 Å². The molecule has 0 N–H and O–H groups in total. The SMILES string of the molecule is CC(COC(=O)CC#N)O[N+](=O)[O-]. The molecule has 1 unspecified atom stereocenters. The van der Waals surface area contributed by atoms with Crippen molar-refractivity contribution in [3.05, 3.63) is 10.1 Å². The first-order valence-electron chi connectivity index (χ1n) is 3.40. The molecule has 0 aromatic heterocycles. The van der Waals surface area contributed by atoms with Gasteiger partial charge in [-0.25, -0.2) is 0 Å². The van der Waals surface area contributed by atoms with Gasteiger partial charge in [0.25, 0.3) is 5.09 Å². The highest BCUT2D eigenvalue weighted by Gasteiger charge is 2.09. The Hall–Kier alpha value is -1.84. The fraction of sp³-hybridized carbons (Fsp3) is 0.667. The van der Waals surface area contributed by atoms with E-state index in [1.807, 2.05) is 0 Å². The highest BCUT2D eigenvalue weighted by Crippen LogP contribution is 1.93. The third kappa shape index (κ3) is 6.55. The molecule has 0 aromatic carbocycles. The summed E-state index contributed by atoms with van der Waals surface area (Å²) in [5.41, 5.74) is 0. The Balaban J connectivity index is 3.58. The van der Waals surface area contributed by atoms with Crippen molar-refractivity contribution in [2.45, 2.75) is 19.4 Å². The maximum atomic E-state index is 10.6. The largest absolute Gasteiger partial charge is 0.463 e. The zero-order valence-electron chi connectivity index (χ0n) is 6.93. The monoisotopic (exact) mass is 188 g/mol. The highest BCUT2D eigenvalue weighted by molar-refractivity contribution is 5.71. The molecule has 0 fully saturated rings. The van der Waals surface area contributed by atoms with Crippen LogP contribution in [0.4, 0.5) is 0 Å². The molecule has 0 aromatic rings. The maximum Gasteiger partial charge on any atom is 0.320 e. The zero-order valence-corrected chi connectivity index (χ0v) is 6.93. The number of nitrogens with zero attached hydrogens (tertiary/aromatic N) is 2. The molecule has 72 valence electrons. The topological polar surface area (TPSA) is 102 Å². The average molecular weight is 188 g/mol. The zero-order chi connectivity index (χ0) is 10.3. The molecule has 0 aliphatic rings. The smallest absolute Gasteiger partial charge is 0.320 e. The molecule has 0 saturated carbocycles. The molecule has 0 spiro atoms. The summed E-state index contributed by atoms with van der Waals surface area (Å²) in [5.74, 6) is -0.721. The van der Waals surface area contributed by atoms with E-state index in [2.05, 4.69) is 9.57 Å². The number of hydrogen-bond acceptors (Lipinski definition) is 6. The Morgan fingerprint density at radius 3 is 2.85 bits per heavy atom. The highest BCUT2D eigenvalue weighted by atomic mass is 17.0. The lowest BCUT2D eigenvalue weighted by Crippen LogP contribution is -2.21. The van der Waals surface area contributed by atoms with Crippen LogP contribution >= 0.6 is 0 Å². The van der Waals surface area contributed by atoms with Gasteiger partial charge < -0.3 is 9.57 Å². The van der Waals surface area contributed by atoms with Gasteiger partial charge in [0.1, 0.15) is 19.1 Å². The van der Waals surface area contributed by atoms with E-state index in [0.717, 1.165) is 0 Å². The van der Waals surface area contributed by atoms with E-state index < -0.39 is 17.2 Å². The van der Waals surface area contributed by atoms with Gasteiger partial charge in [-0.15, -0.1) is 10.1 Å². The van der Waals surface area contributed by atoms with Crippen LogP contribution in [0.2, 0.25) is 0 Å². The Bertz CT molecular complexity index is 234. The van der Waals surface area contributed by atoms with Crippen LogP contribution in [-0.2, 0) is 14.4 Å². The number of esters is 1. The van der Waals surface area contributed by atoms with E-state index >= 15 is 0 Å². The first-order valence-corrected chi connectivity index (χ1v) is 3.40. The van der Waals surface area contributed by atoms with Crippen LogP contribution in [0.5, 0.6) is 0 Å². The van der Waals surface area contributed by atoms with Crippen molar-refractivity contribution in [2.75, 3.05) is 6.61 Å². The Labute approximate surface area is 74.0 Å². The Kier molecular flexibility index (Phi) is 4.95. The fourth-order valence-electron chi connectivity index (χ4n) is 0.503. The number of rotatable bonds is 5. The van der Waals surface area contributed by atoms with E-state index in [9.17, 15) is 14.9 Å². The Morgan fingerprint density at radius 2 is 2.38 bits per heavy atom. The predicted molar refractivity (Wildman–Crippen MR) is 38.7 cm³/mol. The van der Waals surface area contributed by atoms with Crippen molar-refractivity contribution in [3.63, 3.8) is 0 Å². The van der Waals surface area contributed by atoms with Crippen molar-refractivity contribution in [2.24, 2.45) is 0 Å². The third-order valence-corrected chi connectivity index (χ3v) is 0.968. The third-order valence-electron chi connectivity index (χ3n) is 0.968. The van der Waals surface area contributed by atoms with E-state index in [0.29, 0.717) is 0 Å². The summed E-state index contributed by atoms with van der Waals surface area (Å²) in [6.45, 7) is 1.14. The van der Waals surface area contributed by atoms with Crippen molar-refractivity contribution >= 4 is 5.97 Å². The predicted octanol–water partition coefficient (Wildman–Crippen LogP) is 0.0401. The summed E-state index contributed by atoms with van der Waals surface area (Å²) in [6, 6.07) is 1.58. The van der Waals surface area contributed by atoms with Crippen LogP contribution in [0, 0.1) is 21.4 Å². The molecule has 0 aliphatic heterocycles. The van der Waals surface area contributed by atoms with Gasteiger partial charge >= 0.3 is 5.97 Å². The summed E-state index contributed by atoms with van der Waals surface area (Å²) in [6.07, 6.45) is -1.19. The molecule has 0 amide bonds. The number of nitriles is 1. The molecule has 0 saturated heterocycles. The summed E-state index contributed by atoms with van der Waals surface area (Å²) in [7, 11) is 0. The van der Waals surface area contributed by atoms with Crippen LogP contribution in [0.3, 0.4) is 0 Å². The molecule has 7 heteroatoms. The molecule has 0 heterocycles. The van der Waals surface area contributed by atoms with Gasteiger partial charge in [0.2, 0.25) is 0 Å². The Morgan fingerprint density at radius 1 is 1.77 bits per heavy atom. The molecular formula is C6H8N2O5. The second kappa shape index (κ2) is 5.77. The van der Waals surface area contributed by atoms with Gasteiger partial charge in [-0.05, 0) is 6.92 Å². The van der Waals surface area contributed by atoms with Gasteiger partial charge in [0.05, 0.1) is 6.07 Å². The van der Waals surface area contributed by atoms with Crippen LogP contribution in [0.15, 0.2) is 0 Å². The summed E-state index contributed by atoms with van der Waals surface area (Å²) >= 11 is 0. The van der Waals surface area contributed by atoms with Gasteiger partial charge in [0.15, 0.2) is 0 Å². The van der Waals surface area contributed by atoms with Gasteiger partial charge in [0, 0.05) is 0 Å². The summed E-state index contributed by atoms with van der Waals surface area (Å²) in [4.78, 5) is 24.4. The summed E-state index contributed by atoms with van der Waals surface area (Å²) < 4.78 is 4.45. The molecule has 0 radical (unpaired) electrons. The lowest BCUT2D eigenvalue weighted by Gasteiger charge is -2.08. The maximum absolute atomic E-state index is 10.6. The van der Waals surface area contributed by atoms with Gasteiger partial charge in [-0.2, -0.15) is 5.26 Å². The molecule has 0 rings (SSSR count). The number of ether oxygens (including phenoxy) is 1. The van der Waals surface area contributed by atoms with Crippen LogP contribution < -0.4 is 0 Å². The van der Waals surface area contributed by atoms with Gasteiger partial charge in [-0.1, -0.05) is 0 Å². The number of carbonyl (C=O) groups is 1. The van der Waals surface area contributed by atoms with Gasteiger partial charge in [-0.3, -0.25) is 4.79 Å². The minimum absolute atomic E-state index is 0.235. The number of carbonyl (C=O) groups excluding carboxylic acids is 1. The molecule has 13 heavy (non-hydrogen) atoms. The first-order chi connectivity index (χ1) is 6.06. The summed E-state index contributed by atoms with van der Waals surface area (Å²) in [5, 5.41) is 16.9. The van der Waals surface area contributed by atoms with E-state index in [1.54, 1.807) is 6.07 Å². The second-order valence-corrected chi connectivity index (χ2v) is 2.16. The van der Waals surface area contributed by atoms with Crippen molar-refractivity contribution in [1.29, 1.82) is 5.26 Å². The molecular weight excluding hydrogens is 180 g/mol. The molecule has 0 aliphatic carbocycles. The molecule has 1 atom stereocenters. The fourth-order valence-corrected chi connectivity index (χ4v) is 0.503. The standard InChI is InChI=1S/C6H8N2O5/c1-5(13-8(10)11)4-12-6(9)2-3-7/h5H,2,4H2,1H3. The average Bonchev–Trinajstić information content (AvgIpc) is 2.00. The first kappa shape index (κ1) is 11.2. The van der Waals surface area contributed by atoms with Crippen molar-refractivity contribution in [1.82, 2.24) is 0 Å². The van der Waals surface area contributed by atoms with Crippen LogP contribution in [-0.4, -0.2) is 23.8 Å². The van der Waals surface area contributed by atoms with E-state index in [4.69, 9.17) is 5.26 Å². The lowest BCUT2D eigenvalue weighted by atomic mass is 10.4. The van der Waals surface area contributed by atoms with Crippen LogP contribution in [0.1, 0.15) is 13.3 Å². The number of hydrogen-bond donors (Lipinski definition) is 0. The lowest BCUT2D eigenvalue weighted by molar-refractivity contribution is -0.767. The van der Waals surface area contributed by atoms with Crippen LogP contribution in [0.25, 0.3) is 0 Å². The van der Waals surface area contributed by atoms with Crippen molar-refractivity contribution in [3.8, 4) is 6.07 Å². The van der Waals surface area contributed by atoms with E-state index in [-0.39, 0.29) is 13.0 Å². The minimum Gasteiger partial charge on any atom is -0.463 e.